The summed E-state index contributed by atoms with van der Waals surface area (Å²) in [6.45, 7) is 13.8. The summed E-state index contributed by atoms with van der Waals surface area (Å²) in [5.74, 6) is -0.138. The number of rotatable bonds is 17. The predicted octanol–water partition coefficient (Wildman–Crippen LogP) is 3.51. The Kier molecular flexibility index (Phi) is 13.2. The van der Waals surface area contributed by atoms with Crippen molar-refractivity contribution in [3.05, 3.63) is 0 Å². The molecule has 0 aromatic rings. The van der Waals surface area contributed by atoms with E-state index in [2.05, 4.69) is 52.1 Å². The lowest BCUT2D eigenvalue weighted by Gasteiger charge is -2.31. The Morgan fingerprint density at radius 3 is 2.03 bits per heavy atom. The van der Waals surface area contributed by atoms with Crippen molar-refractivity contribution in [3.63, 3.8) is 0 Å². The van der Waals surface area contributed by atoms with E-state index < -0.39 is 26.8 Å². The van der Waals surface area contributed by atoms with Crippen molar-refractivity contribution in [1.29, 1.82) is 0 Å². The van der Waals surface area contributed by atoms with E-state index in [0.717, 1.165) is 62.3 Å². The van der Waals surface area contributed by atoms with E-state index in [1.54, 1.807) is 0 Å². The molecule has 0 aliphatic heterocycles. The summed E-state index contributed by atoms with van der Waals surface area (Å²) in [6.07, 6.45) is 5.65. The van der Waals surface area contributed by atoms with Crippen molar-refractivity contribution < 1.29 is 26.4 Å². The van der Waals surface area contributed by atoms with Gasteiger partial charge in [-0.1, -0.05) is 0 Å². The minimum absolute atomic E-state index is 0.133. The van der Waals surface area contributed by atoms with Crippen molar-refractivity contribution in [3.8, 4) is 0 Å². The Morgan fingerprint density at radius 1 is 0.933 bits per heavy atom. The summed E-state index contributed by atoms with van der Waals surface area (Å²) in [7, 11) is -2.97. The minimum atomic E-state index is -4.10. The van der Waals surface area contributed by atoms with Crippen LogP contribution in [0, 0.1) is 0 Å². The van der Waals surface area contributed by atoms with E-state index in [1.165, 1.54) is 0 Å². The highest BCUT2D eigenvalue weighted by Gasteiger charge is 2.28. The van der Waals surface area contributed by atoms with Crippen molar-refractivity contribution in [2.45, 2.75) is 83.7 Å². The second-order valence-corrected chi connectivity index (χ2v) is 21.2. The third kappa shape index (κ3) is 19.7. The third-order valence-electron chi connectivity index (χ3n) is 4.94. The highest BCUT2D eigenvalue weighted by atomic mass is 32.2. The Morgan fingerprint density at radius 2 is 1.50 bits per heavy atom. The molecule has 0 aromatic heterocycles. The van der Waals surface area contributed by atoms with Gasteiger partial charge in [0.15, 0.2) is 16.6 Å². The van der Waals surface area contributed by atoms with Crippen LogP contribution in [0.4, 0.5) is 0 Å². The van der Waals surface area contributed by atoms with Gasteiger partial charge in [0.05, 0.1) is 37.3 Å². The topological polar surface area (TPSA) is 95.5 Å². The molecule has 0 rings (SSSR count). The fourth-order valence-electron chi connectivity index (χ4n) is 3.64. The first kappa shape index (κ1) is 29.7. The van der Waals surface area contributed by atoms with Crippen molar-refractivity contribution in [2.75, 3.05) is 39.5 Å². The van der Waals surface area contributed by atoms with E-state index in [9.17, 15) is 17.8 Å². The molecular weight excluding hydrogens is 436 g/mol. The molecule has 30 heavy (non-hydrogen) atoms. The maximum absolute atomic E-state index is 12.0. The Labute approximate surface area is 187 Å². The van der Waals surface area contributed by atoms with Crippen LogP contribution in [0.15, 0.2) is 0 Å². The van der Waals surface area contributed by atoms with Crippen LogP contribution in [0.3, 0.4) is 0 Å². The van der Waals surface area contributed by atoms with Gasteiger partial charge in [0, 0.05) is 18.7 Å². The van der Waals surface area contributed by atoms with Gasteiger partial charge in [-0.15, -0.1) is 0 Å². The molecule has 0 saturated carbocycles. The summed E-state index contributed by atoms with van der Waals surface area (Å²) in [4.78, 5) is 12.0. The van der Waals surface area contributed by atoms with Crippen molar-refractivity contribution in [2.24, 2.45) is 0 Å². The maximum atomic E-state index is 12.0. The molecule has 0 bridgehead atoms. The average Bonchev–Trinajstić information content (AvgIpc) is 2.52. The zero-order valence-corrected chi connectivity index (χ0v) is 23.2. The van der Waals surface area contributed by atoms with Gasteiger partial charge in [0.1, 0.15) is 0 Å². The lowest BCUT2D eigenvalue weighted by atomic mass is 10.1. The summed E-state index contributed by atoms with van der Waals surface area (Å²) in [6, 6.07) is 1.07. The molecule has 1 N–H and O–H groups in total. The second kappa shape index (κ2) is 13.3. The maximum Gasteiger partial charge on any atom is 0.219 e. The molecule has 0 aliphatic carbocycles. The first-order valence-corrected chi connectivity index (χ1v) is 19.3. The monoisotopic (exact) mass is 482 g/mol. The van der Waals surface area contributed by atoms with Crippen LogP contribution in [0.25, 0.3) is 0 Å². The van der Waals surface area contributed by atoms with E-state index in [-0.39, 0.29) is 11.7 Å². The number of nitrogens with one attached hydrogen (secondary N) is 1. The number of carbonyl (C=O) groups is 1. The molecule has 180 valence electrons. The van der Waals surface area contributed by atoms with Gasteiger partial charge >= 0.3 is 0 Å². The normalized spacial score (nSPS) is 13.5. The van der Waals surface area contributed by atoms with Crippen LogP contribution >= 0.6 is 0 Å². The Bertz CT molecular complexity index is 605. The largest absolute Gasteiger partial charge is 0.748 e. The van der Waals surface area contributed by atoms with Crippen LogP contribution in [0.2, 0.25) is 38.8 Å². The number of hydrogen-bond acceptors (Lipinski definition) is 5. The van der Waals surface area contributed by atoms with Gasteiger partial charge in [0.25, 0.3) is 0 Å². The molecule has 0 aliphatic rings. The molecule has 0 aromatic carbocycles. The fourth-order valence-corrected chi connectivity index (χ4v) is 12.3. The Balaban J connectivity index is 3.80. The zero-order chi connectivity index (χ0) is 23.5. The molecule has 0 atom stereocenters. The summed E-state index contributed by atoms with van der Waals surface area (Å²) in [5.41, 5.74) is 0. The summed E-state index contributed by atoms with van der Waals surface area (Å²) in [5, 5.41) is 3.03. The molecule has 0 fully saturated rings. The lowest BCUT2D eigenvalue weighted by molar-refractivity contribution is -0.890. The van der Waals surface area contributed by atoms with Gasteiger partial charge in [-0.05, 0) is 77.3 Å². The van der Waals surface area contributed by atoms with Crippen molar-refractivity contribution >= 4 is 32.7 Å². The van der Waals surface area contributed by atoms with Gasteiger partial charge in [-0.3, -0.25) is 4.79 Å². The van der Waals surface area contributed by atoms with Crippen LogP contribution in [0.1, 0.15) is 44.9 Å². The first-order chi connectivity index (χ1) is 13.5. The number of unbranched alkanes of at least 4 members (excludes halogenated alkanes) is 3. The van der Waals surface area contributed by atoms with E-state index in [4.69, 9.17) is 4.12 Å². The fraction of sp³-hybridized carbons (Fsp3) is 0.950. The smallest absolute Gasteiger partial charge is 0.219 e. The first-order valence-electron chi connectivity index (χ1n) is 11.2. The van der Waals surface area contributed by atoms with Crippen LogP contribution < -0.4 is 5.32 Å². The minimum Gasteiger partial charge on any atom is -0.748 e. The molecule has 0 unspecified atom stereocenters. The second-order valence-electron chi connectivity index (χ2n) is 10.6. The molecule has 7 nitrogen and oxygen atoms in total. The standard InChI is InChI=1S/C20H46N2O5SSi2/c1-22(2,17-11-12-18-28(24,25)26)16-10-8-9-14-20(23)21-15-13-19-30(6,7)27-29(3,4)5/h8-19H2,1-7H3,(H-,21,23,24,25,26). The molecule has 0 heterocycles. The van der Waals surface area contributed by atoms with Gasteiger partial charge in [-0.25, -0.2) is 8.42 Å². The van der Waals surface area contributed by atoms with E-state index >= 15 is 0 Å². The van der Waals surface area contributed by atoms with Gasteiger partial charge < -0.3 is 18.5 Å². The summed E-state index contributed by atoms with van der Waals surface area (Å²) >= 11 is 0. The number of quaternary nitrogens is 1. The highest BCUT2D eigenvalue weighted by Crippen LogP contribution is 2.19. The molecule has 0 spiro atoms. The molecule has 1 amide bonds. The third-order valence-corrected chi connectivity index (χ3v) is 11.9. The van der Waals surface area contributed by atoms with E-state index in [0.29, 0.717) is 12.8 Å². The average molecular weight is 483 g/mol. The highest BCUT2D eigenvalue weighted by molar-refractivity contribution is 7.85. The lowest BCUT2D eigenvalue weighted by Crippen LogP contribution is -2.42. The van der Waals surface area contributed by atoms with E-state index in [1.807, 2.05) is 0 Å². The predicted molar refractivity (Wildman–Crippen MR) is 128 cm³/mol. The Hall–Kier alpha value is -0.266. The van der Waals surface area contributed by atoms with Crippen LogP contribution in [0.5, 0.6) is 0 Å². The van der Waals surface area contributed by atoms with Gasteiger partial charge in [0.2, 0.25) is 5.91 Å². The van der Waals surface area contributed by atoms with Crippen LogP contribution in [-0.4, -0.2) is 79.5 Å². The number of carbonyl (C=O) groups excluding carboxylic acids is 1. The van der Waals surface area contributed by atoms with Gasteiger partial charge in [-0.2, -0.15) is 0 Å². The molecular formula is C20H46N2O5SSi2. The molecule has 0 saturated heterocycles. The summed E-state index contributed by atoms with van der Waals surface area (Å²) < 4.78 is 39.0. The SMILES string of the molecule is C[N+](C)(CCCCCC(=O)NCCC[Si](C)(C)O[Si](C)(C)C)CCCCS(=O)(=O)[O-]. The number of amides is 1. The zero-order valence-electron chi connectivity index (χ0n) is 20.4. The number of hydrogen-bond donors (Lipinski definition) is 1. The quantitative estimate of drug-likeness (QED) is 0.148. The molecule has 10 heteroatoms. The van der Waals surface area contributed by atoms with Crippen LogP contribution in [-0.2, 0) is 19.0 Å². The van der Waals surface area contributed by atoms with Crippen molar-refractivity contribution in [1.82, 2.24) is 5.32 Å². The number of nitrogens with zero attached hydrogens (tertiary/aromatic N) is 1. The molecule has 0 radical (unpaired) electrons.